The highest BCUT2D eigenvalue weighted by molar-refractivity contribution is 5.62. The lowest BCUT2D eigenvalue weighted by Gasteiger charge is -2.03. The van der Waals surface area contributed by atoms with Crippen molar-refractivity contribution >= 4 is 11.8 Å². The van der Waals surface area contributed by atoms with Crippen LogP contribution in [0, 0.1) is 0 Å². The number of hydrogen-bond donors (Lipinski definition) is 3. The molecule has 1 aromatic carbocycles. The van der Waals surface area contributed by atoms with Gasteiger partial charge in [-0.3, -0.25) is 4.79 Å². The van der Waals surface area contributed by atoms with E-state index in [1.54, 1.807) is 13.0 Å². The number of benzene rings is 1. The van der Waals surface area contributed by atoms with Crippen molar-refractivity contribution in [3.8, 4) is 22.8 Å². The van der Waals surface area contributed by atoms with E-state index in [0.29, 0.717) is 5.56 Å². The number of rotatable bonds is 1. The van der Waals surface area contributed by atoms with E-state index in [4.69, 9.17) is 4.42 Å². The predicted octanol–water partition coefficient (Wildman–Crippen LogP) is 2.23. The fourth-order valence-electron chi connectivity index (χ4n) is 1.89. The van der Waals surface area contributed by atoms with Crippen LogP contribution in [-0.2, 0) is 0 Å². The average molecular weight is 304 g/mol. The maximum atomic E-state index is 12.0. The molecule has 3 N–H and O–H groups in total. The van der Waals surface area contributed by atoms with Gasteiger partial charge >= 0.3 is 0 Å². The topological polar surface area (TPSA) is 90.9 Å². The Kier molecular flexibility index (Phi) is 5.81. The summed E-state index contributed by atoms with van der Waals surface area (Å²) in [5, 5.41) is 28.4. The first kappa shape index (κ1) is 17.4. The van der Waals surface area contributed by atoms with Gasteiger partial charge in [0.2, 0.25) is 0 Å². The van der Waals surface area contributed by atoms with Crippen LogP contribution in [-0.4, -0.2) is 15.3 Å². The summed E-state index contributed by atoms with van der Waals surface area (Å²) < 4.78 is 5.55. The highest BCUT2D eigenvalue weighted by Crippen LogP contribution is 2.29. The lowest BCUT2D eigenvalue weighted by Crippen LogP contribution is -2.39. The first-order valence-electron chi connectivity index (χ1n) is 6.96. The van der Waals surface area contributed by atoms with E-state index in [1.807, 2.05) is 13.8 Å². The summed E-state index contributed by atoms with van der Waals surface area (Å²) in [5.74, 6) is -0.439. The maximum absolute atomic E-state index is 12.0. The SMILES string of the molecule is C/C=c1/oc(-c2ccc(O)c(O)c2)cc(=O)/c1=C(/C)O.CC. The van der Waals surface area contributed by atoms with Crippen LogP contribution in [0.2, 0.25) is 0 Å². The number of aliphatic hydroxyl groups excluding tert-OH is 1. The van der Waals surface area contributed by atoms with Crippen molar-refractivity contribution in [2.75, 3.05) is 0 Å². The third kappa shape index (κ3) is 3.49. The fraction of sp³-hybridized carbons (Fsp3) is 0.235. The van der Waals surface area contributed by atoms with Gasteiger partial charge in [0, 0.05) is 11.6 Å². The predicted molar refractivity (Wildman–Crippen MR) is 86.2 cm³/mol. The van der Waals surface area contributed by atoms with Crippen molar-refractivity contribution in [1.29, 1.82) is 0 Å². The molecule has 0 unspecified atom stereocenters. The van der Waals surface area contributed by atoms with Gasteiger partial charge in [-0.2, -0.15) is 0 Å². The van der Waals surface area contributed by atoms with Crippen molar-refractivity contribution < 1.29 is 19.7 Å². The summed E-state index contributed by atoms with van der Waals surface area (Å²) in [5.41, 5.74) is 0.314. The molecule has 0 amide bonds. The Morgan fingerprint density at radius 3 is 2.27 bits per heavy atom. The number of aliphatic hydroxyl groups is 1. The van der Waals surface area contributed by atoms with Gasteiger partial charge < -0.3 is 19.7 Å². The first-order chi connectivity index (χ1) is 10.4. The standard InChI is InChI=1S/C15H14O5.C2H6/c1-3-13-15(8(2)16)12(19)7-14(20-13)9-4-5-10(17)11(18)6-9;1-2/h3-7,16-18H,1-2H3;1-2H3/b13-3+,15-8+;. The zero-order valence-corrected chi connectivity index (χ0v) is 13.0. The zero-order valence-electron chi connectivity index (χ0n) is 13.0. The summed E-state index contributed by atoms with van der Waals surface area (Å²) in [4.78, 5) is 12.0. The Morgan fingerprint density at radius 1 is 1.14 bits per heavy atom. The van der Waals surface area contributed by atoms with Gasteiger partial charge in [0.1, 0.15) is 22.2 Å². The van der Waals surface area contributed by atoms with Crippen LogP contribution in [0.4, 0.5) is 0 Å². The van der Waals surface area contributed by atoms with Crippen molar-refractivity contribution in [2.45, 2.75) is 27.7 Å². The van der Waals surface area contributed by atoms with Gasteiger partial charge in [0.15, 0.2) is 16.9 Å². The number of phenolic OH excluding ortho intramolecular Hbond substituents is 2. The van der Waals surface area contributed by atoms with Gasteiger partial charge in [-0.25, -0.2) is 0 Å². The third-order valence-electron chi connectivity index (χ3n) is 2.86. The average Bonchev–Trinajstić information content (AvgIpc) is 2.50. The highest BCUT2D eigenvalue weighted by Gasteiger charge is 2.08. The van der Waals surface area contributed by atoms with E-state index in [2.05, 4.69) is 0 Å². The van der Waals surface area contributed by atoms with Crippen molar-refractivity contribution in [3.05, 3.63) is 45.1 Å². The molecule has 1 aromatic heterocycles. The minimum atomic E-state index is -0.382. The van der Waals surface area contributed by atoms with E-state index < -0.39 is 0 Å². The van der Waals surface area contributed by atoms with Crippen LogP contribution >= 0.6 is 0 Å². The number of hydrogen-bond acceptors (Lipinski definition) is 5. The molecule has 0 saturated heterocycles. The lowest BCUT2D eigenvalue weighted by molar-refractivity contribution is 0.403. The molecule has 0 bridgehead atoms. The molecule has 22 heavy (non-hydrogen) atoms. The molecule has 0 atom stereocenters. The minimum absolute atomic E-state index is 0.110. The van der Waals surface area contributed by atoms with Crippen molar-refractivity contribution in [2.24, 2.45) is 0 Å². The largest absolute Gasteiger partial charge is 0.512 e. The molecule has 5 nitrogen and oxygen atoms in total. The quantitative estimate of drug-likeness (QED) is 0.703. The fourth-order valence-corrected chi connectivity index (χ4v) is 1.89. The molecule has 0 aliphatic rings. The second-order valence-electron chi connectivity index (χ2n) is 4.29. The summed E-state index contributed by atoms with van der Waals surface area (Å²) >= 11 is 0. The molecule has 0 fully saturated rings. The third-order valence-corrected chi connectivity index (χ3v) is 2.86. The van der Waals surface area contributed by atoms with Crippen LogP contribution in [0.1, 0.15) is 27.7 Å². The molecule has 2 rings (SSSR count). The zero-order chi connectivity index (χ0) is 16.9. The molecule has 1 heterocycles. The molecule has 0 aliphatic heterocycles. The molecule has 0 radical (unpaired) electrons. The monoisotopic (exact) mass is 304 g/mol. The Labute approximate surface area is 128 Å². The van der Waals surface area contributed by atoms with Crippen LogP contribution in [0.25, 0.3) is 23.2 Å². The van der Waals surface area contributed by atoms with Crippen molar-refractivity contribution in [3.63, 3.8) is 0 Å². The van der Waals surface area contributed by atoms with E-state index in [0.717, 1.165) is 0 Å². The maximum Gasteiger partial charge on any atom is 0.196 e. The van der Waals surface area contributed by atoms with Crippen LogP contribution in [0.15, 0.2) is 33.5 Å². The number of aromatic hydroxyl groups is 2. The second kappa shape index (κ2) is 7.36. The summed E-state index contributed by atoms with van der Waals surface area (Å²) in [6, 6.07) is 5.34. The minimum Gasteiger partial charge on any atom is -0.512 e. The molecule has 5 heteroatoms. The van der Waals surface area contributed by atoms with Gasteiger partial charge in [0.25, 0.3) is 0 Å². The van der Waals surface area contributed by atoms with Crippen molar-refractivity contribution in [1.82, 2.24) is 0 Å². The molecule has 118 valence electrons. The molecular formula is C17H20O5. The molecular weight excluding hydrogens is 284 g/mol. The Hall–Kier alpha value is -2.69. The molecule has 2 aromatic rings. The van der Waals surface area contributed by atoms with E-state index >= 15 is 0 Å². The molecule has 0 spiro atoms. The first-order valence-corrected chi connectivity index (χ1v) is 6.96. The Balaban J connectivity index is 0.00000116. The summed E-state index contributed by atoms with van der Waals surface area (Å²) in [6.45, 7) is 7.09. The Bertz CT molecular complexity index is 827. The van der Waals surface area contributed by atoms with E-state index in [9.17, 15) is 20.1 Å². The van der Waals surface area contributed by atoms with E-state index in [1.165, 1.54) is 31.2 Å². The Morgan fingerprint density at radius 2 is 1.77 bits per heavy atom. The van der Waals surface area contributed by atoms with Gasteiger partial charge in [0.05, 0.1) is 0 Å². The van der Waals surface area contributed by atoms with E-state index in [-0.39, 0.29) is 39.1 Å². The summed E-state index contributed by atoms with van der Waals surface area (Å²) in [7, 11) is 0. The molecule has 0 aliphatic carbocycles. The van der Waals surface area contributed by atoms with Gasteiger partial charge in [-0.1, -0.05) is 13.8 Å². The molecule has 0 saturated carbocycles. The summed E-state index contributed by atoms with van der Waals surface area (Å²) in [6.07, 6.45) is 1.57. The normalized spacial score (nSPS) is 12.5. The number of phenols is 2. The second-order valence-corrected chi connectivity index (χ2v) is 4.29. The van der Waals surface area contributed by atoms with Crippen LogP contribution in [0.5, 0.6) is 11.5 Å². The van der Waals surface area contributed by atoms with Crippen LogP contribution in [0.3, 0.4) is 0 Å². The van der Waals surface area contributed by atoms with Gasteiger partial charge in [-0.15, -0.1) is 0 Å². The highest BCUT2D eigenvalue weighted by atomic mass is 16.3. The van der Waals surface area contributed by atoms with Crippen LogP contribution < -0.4 is 16.1 Å². The lowest BCUT2D eigenvalue weighted by atomic mass is 10.1. The smallest absolute Gasteiger partial charge is 0.196 e. The van der Waals surface area contributed by atoms with Gasteiger partial charge in [-0.05, 0) is 38.1 Å².